The van der Waals surface area contributed by atoms with Crippen molar-refractivity contribution >= 4 is 22.6 Å². The van der Waals surface area contributed by atoms with Crippen LogP contribution in [-0.4, -0.2) is 0 Å². The van der Waals surface area contributed by atoms with Gasteiger partial charge in [0, 0.05) is 10.4 Å². The minimum Gasteiger partial charge on any atom is -0.459 e. The fourth-order valence-electron chi connectivity index (χ4n) is 2.26. The van der Waals surface area contributed by atoms with E-state index >= 15 is 0 Å². The van der Waals surface area contributed by atoms with Crippen LogP contribution in [0, 0.1) is 11.6 Å². The third-order valence-electron chi connectivity index (χ3n) is 3.33. The number of benzene rings is 2. The van der Waals surface area contributed by atoms with E-state index in [2.05, 4.69) is 0 Å². The van der Waals surface area contributed by atoms with Crippen molar-refractivity contribution in [3.05, 3.63) is 70.4 Å². The summed E-state index contributed by atoms with van der Waals surface area (Å²) >= 11 is 5.91. The predicted molar refractivity (Wildman–Crippen MR) is 78.2 cm³/mol. The molecule has 0 radical (unpaired) electrons. The second kappa shape index (κ2) is 5.47. The molecule has 1 atom stereocenters. The van der Waals surface area contributed by atoms with Gasteiger partial charge in [-0.05, 0) is 42.3 Å². The second-order valence-electron chi connectivity index (χ2n) is 4.85. The number of hydrogen-bond donors (Lipinski definition) is 1. The molecule has 2 N–H and O–H groups in total. The van der Waals surface area contributed by atoms with E-state index in [9.17, 15) is 8.78 Å². The summed E-state index contributed by atoms with van der Waals surface area (Å²) in [7, 11) is 0. The lowest BCUT2D eigenvalue weighted by Gasteiger charge is -2.09. The van der Waals surface area contributed by atoms with Crippen molar-refractivity contribution in [2.24, 2.45) is 5.73 Å². The molecule has 0 fully saturated rings. The van der Waals surface area contributed by atoms with Crippen LogP contribution in [0.4, 0.5) is 8.78 Å². The van der Waals surface area contributed by atoms with E-state index in [1.807, 2.05) is 0 Å². The molecule has 0 aliphatic carbocycles. The Bertz CT molecular complexity index is 800. The first kappa shape index (κ1) is 14.0. The van der Waals surface area contributed by atoms with Gasteiger partial charge in [0.15, 0.2) is 11.6 Å². The normalized spacial score (nSPS) is 12.8. The molecule has 2 aromatic carbocycles. The maximum absolute atomic E-state index is 13.7. The molecule has 2 nitrogen and oxygen atoms in total. The van der Waals surface area contributed by atoms with Gasteiger partial charge in [-0.3, -0.25) is 0 Å². The minimum atomic E-state index is -0.879. The first-order valence-corrected chi connectivity index (χ1v) is 6.80. The molecule has 0 spiro atoms. The van der Waals surface area contributed by atoms with Gasteiger partial charge in [-0.15, -0.1) is 0 Å². The maximum atomic E-state index is 13.7. The van der Waals surface area contributed by atoms with Crippen LogP contribution in [0.1, 0.15) is 17.4 Å². The molecule has 1 heterocycles. The van der Waals surface area contributed by atoms with Gasteiger partial charge in [0.25, 0.3) is 0 Å². The second-order valence-corrected chi connectivity index (χ2v) is 5.29. The third kappa shape index (κ3) is 2.77. The monoisotopic (exact) mass is 307 g/mol. The molecular formula is C16H12ClF2NO. The Labute approximate surface area is 125 Å². The highest BCUT2D eigenvalue weighted by Crippen LogP contribution is 2.27. The molecule has 1 aromatic heterocycles. The van der Waals surface area contributed by atoms with E-state index in [0.29, 0.717) is 16.4 Å². The van der Waals surface area contributed by atoms with E-state index < -0.39 is 17.7 Å². The van der Waals surface area contributed by atoms with Crippen molar-refractivity contribution in [1.82, 2.24) is 0 Å². The summed E-state index contributed by atoms with van der Waals surface area (Å²) in [4.78, 5) is 0. The Balaban J connectivity index is 1.89. The highest BCUT2D eigenvalue weighted by Gasteiger charge is 2.16. The standard InChI is InChI=1S/C16H12ClF2NO/c17-11-4-5-14-10(6-11)8-15(21-14)13(20)7-9-2-1-3-12(18)16(9)19/h1-6,8,13H,7,20H2. The maximum Gasteiger partial charge on any atom is 0.162 e. The van der Waals surface area contributed by atoms with Crippen LogP contribution < -0.4 is 5.73 Å². The number of hydrogen-bond acceptors (Lipinski definition) is 2. The molecule has 0 amide bonds. The van der Waals surface area contributed by atoms with E-state index in [-0.39, 0.29) is 12.0 Å². The zero-order valence-electron chi connectivity index (χ0n) is 10.9. The molecule has 1 unspecified atom stereocenters. The number of halogens is 3. The summed E-state index contributed by atoms with van der Waals surface area (Å²) in [6, 6.07) is 10.5. The summed E-state index contributed by atoms with van der Waals surface area (Å²) in [6.07, 6.45) is 0.150. The zero-order chi connectivity index (χ0) is 15.0. The zero-order valence-corrected chi connectivity index (χ0v) is 11.7. The van der Waals surface area contributed by atoms with Crippen LogP contribution in [0.5, 0.6) is 0 Å². The molecule has 0 aliphatic rings. The van der Waals surface area contributed by atoms with Crippen molar-refractivity contribution < 1.29 is 13.2 Å². The van der Waals surface area contributed by atoms with E-state index in [0.717, 1.165) is 11.5 Å². The summed E-state index contributed by atoms with van der Waals surface area (Å²) in [5.41, 5.74) is 6.91. The SMILES string of the molecule is NC(Cc1cccc(F)c1F)c1cc2cc(Cl)ccc2o1. The number of nitrogens with two attached hydrogens (primary N) is 1. The van der Waals surface area contributed by atoms with Gasteiger partial charge in [0.1, 0.15) is 11.3 Å². The lowest BCUT2D eigenvalue weighted by atomic mass is 10.0. The van der Waals surface area contributed by atoms with Gasteiger partial charge in [0.05, 0.1) is 6.04 Å². The van der Waals surface area contributed by atoms with E-state index in [1.54, 1.807) is 24.3 Å². The average Bonchev–Trinajstić information content (AvgIpc) is 2.87. The number of furan rings is 1. The van der Waals surface area contributed by atoms with Crippen molar-refractivity contribution in [2.75, 3.05) is 0 Å². The summed E-state index contributed by atoms with van der Waals surface area (Å²) < 4.78 is 32.5. The Morgan fingerprint density at radius 3 is 2.76 bits per heavy atom. The number of fused-ring (bicyclic) bond motifs is 1. The Kier molecular flexibility index (Phi) is 3.66. The van der Waals surface area contributed by atoms with Gasteiger partial charge in [0.2, 0.25) is 0 Å². The Morgan fingerprint density at radius 1 is 1.14 bits per heavy atom. The largest absolute Gasteiger partial charge is 0.459 e. The van der Waals surface area contributed by atoms with Crippen molar-refractivity contribution in [3.63, 3.8) is 0 Å². The fourth-order valence-corrected chi connectivity index (χ4v) is 2.44. The predicted octanol–water partition coefficient (Wildman–Crippen LogP) is 4.61. The van der Waals surface area contributed by atoms with Crippen LogP contribution in [0.25, 0.3) is 11.0 Å². The molecular weight excluding hydrogens is 296 g/mol. The first-order valence-electron chi connectivity index (χ1n) is 6.42. The molecule has 0 aliphatic heterocycles. The lowest BCUT2D eigenvalue weighted by Crippen LogP contribution is -2.13. The van der Waals surface area contributed by atoms with Gasteiger partial charge in [-0.1, -0.05) is 23.7 Å². The molecule has 0 saturated carbocycles. The molecule has 3 aromatic rings. The quantitative estimate of drug-likeness (QED) is 0.767. The van der Waals surface area contributed by atoms with Crippen LogP contribution in [0.3, 0.4) is 0 Å². The smallest absolute Gasteiger partial charge is 0.162 e. The van der Waals surface area contributed by atoms with Crippen molar-refractivity contribution in [3.8, 4) is 0 Å². The van der Waals surface area contributed by atoms with Crippen LogP contribution in [0.15, 0.2) is 46.9 Å². The highest BCUT2D eigenvalue weighted by atomic mass is 35.5. The fraction of sp³-hybridized carbons (Fsp3) is 0.125. The minimum absolute atomic E-state index is 0.150. The van der Waals surface area contributed by atoms with Gasteiger partial charge in [-0.2, -0.15) is 0 Å². The van der Waals surface area contributed by atoms with Crippen LogP contribution in [-0.2, 0) is 6.42 Å². The first-order chi connectivity index (χ1) is 10.0. The molecule has 21 heavy (non-hydrogen) atoms. The van der Waals surface area contributed by atoms with Crippen molar-refractivity contribution in [2.45, 2.75) is 12.5 Å². The lowest BCUT2D eigenvalue weighted by molar-refractivity contribution is 0.470. The Hall–Kier alpha value is -1.91. The molecule has 3 rings (SSSR count). The Morgan fingerprint density at radius 2 is 1.95 bits per heavy atom. The highest BCUT2D eigenvalue weighted by molar-refractivity contribution is 6.31. The van der Waals surface area contributed by atoms with Gasteiger partial charge < -0.3 is 10.2 Å². The molecule has 5 heteroatoms. The average molecular weight is 308 g/mol. The summed E-state index contributed by atoms with van der Waals surface area (Å²) in [5, 5.41) is 1.42. The molecule has 108 valence electrons. The van der Waals surface area contributed by atoms with E-state index in [4.69, 9.17) is 21.8 Å². The summed E-state index contributed by atoms with van der Waals surface area (Å²) in [5.74, 6) is -1.24. The molecule has 0 bridgehead atoms. The van der Waals surface area contributed by atoms with Gasteiger partial charge >= 0.3 is 0 Å². The molecule has 0 saturated heterocycles. The van der Waals surface area contributed by atoms with Crippen LogP contribution >= 0.6 is 11.6 Å². The number of rotatable bonds is 3. The van der Waals surface area contributed by atoms with Crippen LogP contribution in [0.2, 0.25) is 5.02 Å². The summed E-state index contributed by atoms with van der Waals surface area (Å²) in [6.45, 7) is 0. The topological polar surface area (TPSA) is 39.2 Å². The van der Waals surface area contributed by atoms with Crippen molar-refractivity contribution in [1.29, 1.82) is 0 Å². The van der Waals surface area contributed by atoms with Gasteiger partial charge in [-0.25, -0.2) is 8.78 Å². The third-order valence-corrected chi connectivity index (χ3v) is 3.57. The van der Waals surface area contributed by atoms with E-state index in [1.165, 1.54) is 12.1 Å².